The summed E-state index contributed by atoms with van der Waals surface area (Å²) in [5.41, 5.74) is 4.25. The van der Waals surface area contributed by atoms with Gasteiger partial charge in [-0.15, -0.1) is 6.58 Å². The van der Waals surface area contributed by atoms with Gasteiger partial charge in [0.15, 0.2) is 0 Å². The SMILES string of the molecule is C=CC(O)CC1Oc2c(CO)ccc3c2C1=CCN(C)C3. The Bertz CT molecular complexity index is 594. The molecule has 0 fully saturated rings. The maximum absolute atomic E-state index is 9.86. The van der Waals surface area contributed by atoms with Crippen molar-refractivity contribution in [2.24, 2.45) is 0 Å². The van der Waals surface area contributed by atoms with E-state index < -0.39 is 6.10 Å². The summed E-state index contributed by atoms with van der Waals surface area (Å²) >= 11 is 0. The Morgan fingerprint density at radius 3 is 3.05 bits per heavy atom. The molecule has 21 heavy (non-hydrogen) atoms. The molecule has 4 heteroatoms. The van der Waals surface area contributed by atoms with Crippen molar-refractivity contribution in [1.82, 2.24) is 4.90 Å². The summed E-state index contributed by atoms with van der Waals surface area (Å²) < 4.78 is 6.06. The zero-order valence-corrected chi connectivity index (χ0v) is 12.2. The minimum absolute atomic E-state index is 0.0392. The number of aliphatic hydroxyl groups excluding tert-OH is 2. The second kappa shape index (κ2) is 5.64. The standard InChI is InChI=1S/C17H21NO3/c1-3-13(20)8-15-14-6-7-18(2)9-11-4-5-12(10-19)17(21-15)16(11)14/h3-6,13,15,19-20H,1,7-10H2,2H3. The van der Waals surface area contributed by atoms with Crippen molar-refractivity contribution < 1.29 is 14.9 Å². The quantitative estimate of drug-likeness (QED) is 0.828. The van der Waals surface area contributed by atoms with Crippen LogP contribution in [0.15, 0.2) is 30.9 Å². The van der Waals surface area contributed by atoms with Gasteiger partial charge in [-0.2, -0.15) is 0 Å². The predicted octanol–water partition coefficient (Wildman–Crippen LogP) is 1.71. The molecule has 112 valence electrons. The molecular formula is C17H21NO3. The number of hydrogen-bond acceptors (Lipinski definition) is 4. The maximum Gasteiger partial charge on any atom is 0.133 e. The van der Waals surface area contributed by atoms with Crippen LogP contribution >= 0.6 is 0 Å². The molecule has 0 aliphatic carbocycles. The van der Waals surface area contributed by atoms with Crippen LogP contribution in [0.25, 0.3) is 5.57 Å². The Kier molecular flexibility index (Phi) is 3.85. The molecule has 4 nitrogen and oxygen atoms in total. The van der Waals surface area contributed by atoms with Gasteiger partial charge in [0.1, 0.15) is 11.9 Å². The summed E-state index contributed by atoms with van der Waals surface area (Å²) in [5, 5.41) is 19.4. The van der Waals surface area contributed by atoms with Gasteiger partial charge < -0.3 is 14.9 Å². The maximum atomic E-state index is 9.86. The minimum Gasteiger partial charge on any atom is -0.485 e. The van der Waals surface area contributed by atoms with Gasteiger partial charge in [0.2, 0.25) is 0 Å². The zero-order valence-electron chi connectivity index (χ0n) is 12.2. The molecule has 2 N–H and O–H groups in total. The molecule has 2 heterocycles. The predicted molar refractivity (Wildman–Crippen MR) is 81.9 cm³/mol. The second-order valence-corrected chi connectivity index (χ2v) is 5.75. The number of aliphatic hydroxyl groups is 2. The van der Waals surface area contributed by atoms with Crippen molar-refractivity contribution in [1.29, 1.82) is 0 Å². The highest BCUT2D eigenvalue weighted by molar-refractivity contribution is 5.81. The Balaban J connectivity index is 2.06. The average Bonchev–Trinajstić information content (AvgIpc) is 2.74. The van der Waals surface area contributed by atoms with Crippen LogP contribution in [0.2, 0.25) is 0 Å². The fraction of sp³-hybridized carbons (Fsp3) is 0.412. The molecule has 2 atom stereocenters. The second-order valence-electron chi connectivity index (χ2n) is 5.75. The fourth-order valence-corrected chi connectivity index (χ4v) is 3.07. The van der Waals surface area contributed by atoms with Crippen molar-refractivity contribution in [2.75, 3.05) is 13.6 Å². The fourth-order valence-electron chi connectivity index (χ4n) is 3.07. The molecule has 0 spiro atoms. The molecule has 0 saturated heterocycles. The van der Waals surface area contributed by atoms with Crippen LogP contribution in [0, 0.1) is 0 Å². The van der Waals surface area contributed by atoms with Gasteiger partial charge in [-0.25, -0.2) is 0 Å². The highest BCUT2D eigenvalue weighted by Gasteiger charge is 2.34. The summed E-state index contributed by atoms with van der Waals surface area (Å²) in [6.45, 7) is 5.29. The van der Waals surface area contributed by atoms with Crippen molar-refractivity contribution >= 4 is 5.57 Å². The lowest BCUT2D eigenvalue weighted by atomic mass is 9.93. The summed E-state index contributed by atoms with van der Waals surface area (Å²) in [4.78, 5) is 2.24. The van der Waals surface area contributed by atoms with Gasteiger partial charge in [0.05, 0.1) is 12.7 Å². The molecule has 0 amide bonds. The molecule has 1 aromatic carbocycles. The van der Waals surface area contributed by atoms with E-state index in [9.17, 15) is 10.2 Å². The number of benzene rings is 1. The van der Waals surface area contributed by atoms with Crippen LogP contribution in [0.1, 0.15) is 23.1 Å². The molecule has 0 bridgehead atoms. The summed E-state index contributed by atoms with van der Waals surface area (Å²) in [7, 11) is 2.08. The Labute approximate surface area is 125 Å². The highest BCUT2D eigenvalue weighted by atomic mass is 16.5. The van der Waals surface area contributed by atoms with Crippen LogP contribution in [0.3, 0.4) is 0 Å². The number of ether oxygens (including phenoxy) is 1. The summed E-state index contributed by atoms with van der Waals surface area (Å²) in [6.07, 6.45) is 3.42. The lowest BCUT2D eigenvalue weighted by molar-refractivity contribution is 0.155. The number of nitrogens with zero attached hydrogens (tertiary/aromatic N) is 1. The number of rotatable bonds is 4. The minimum atomic E-state index is -0.591. The van der Waals surface area contributed by atoms with Gasteiger partial charge >= 0.3 is 0 Å². The third-order valence-corrected chi connectivity index (χ3v) is 4.18. The van der Waals surface area contributed by atoms with Gasteiger partial charge in [0.25, 0.3) is 0 Å². The lowest BCUT2D eigenvalue weighted by Crippen LogP contribution is -2.20. The van der Waals surface area contributed by atoms with Gasteiger partial charge in [-0.05, 0) is 12.6 Å². The van der Waals surface area contributed by atoms with Crippen molar-refractivity contribution in [3.63, 3.8) is 0 Å². The Morgan fingerprint density at radius 2 is 2.33 bits per heavy atom. The summed E-state index contributed by atoms with van der Waals surface area (Å²) in [6, 6.07) is 3.99. The van der Waals surface area contributed by atoms with Crippen LogP contribution in [0.5, 0.6) is 5.75 Å². The molecule has 2 aliphatic heterocycles. The Hall–Kier alpha value is -1.62. The first-order valence-corrected chi connectivity index (χ1v) is 7.26. The third kappa shape index (κ3) is 2.50. The third-order valence-electron chi connectivity index (χ3n) is 4.18. The first kappa shape index (κ1) is 14.3. The van der Waals surface area contributed by atoms with E-state index in [1.807, 2.05) is 6.07 Å². The molecule has 2 aliphatic rings. The van der Waals surface area contributed by atoms with Crippen LogP contribution in [-0.2, 0) is 13.2 Å². The lowest BCUT2D eigenvalue weighted by Gasteiger charge is -2.17. The van der Waals surface area contributed by atoms with Crippen molar-refractivity contribution in [3.8, 4) is 5.75 Å². The van der Waals surface area contributed by atoms with E-state index in [0.717, 1.165) is 35.5 Å². The van der Waals surface area contributed by atoms with Crippen LogP contribution < -0.4 is 4.74 Å². The molecular weight excluding hydrogens is 266 g/mol. The van der Waals surface area contributed by atoms with Crippen LogP contribution in [-0.4, -0.2) is 40.9 Å². The Morgan fingerprint density at radius 1 is 1.52 bits per heavy atom. The molecule has 2 unspecified atom stereocenters. The highest BCUT2D eigenvalue weighted by Crippen LogP contribution is 2.45. The van der Waals surface area contributed by atoms with E-state index in [1.54, 1.807) is 0 Å². The van der Waals surface area contributed by atoms with Gasteiger partial charge in [-0.3, -0.25) is 4.90 Å². The first-order valence-electron chi connectivity index (χ1n) is 7.26. The average molecular weight is 287 g/mol. The summed E-state index contributed by atoms with van der Waals surface area (Å²) in [5.74, 6) is 0.776. The topological polar surface area (TPSA) is 52.9 Å². The van der Waals surface area contributed by atoms with Crippen LogP contribution in [0.4, 0.5) is 0 Å². The van der Waals surface area contributed by atoms with E-state index in [1.165, 1.54) is 11.6 Å². The van der Waals surface area contributed by atoms with Gasteiger partial charge in [0, 0.05) is 36.2 Å². The molecule has 0 radical (unpaired) electrons. The zero-order chi connectivity index (χ0) is 15.0. The van der Waals surface area contributed by atoms with Crippen molar-refractivity contribution in [2.45, 2.75) is 31.8 Å². The smallest absolute Gasteiger partial charge is 0.133 e. The van der Waals surface area contributed by atoms with E-state index >= 15 is 0 Å². The number of hydrogen-bond donors (Lipinski definition) is 2. The van der Waals surface area contributed by atoms with Gasteiger partial charge in [-0.1, -0.05) is 24.3 Å². The number of likely N-dealkylation sites (N-methyl/N-ethyl adjacent to an activating group) is 1. The normalized spacial score (nSPS) is 22.0. The van der Waals surface area contributed by atoms with Crippen molar-refractivity contribution in [3.05, 3.63) is 47.6 Å². The van der Waals surface area contributed by atoms with E-state index in [2.05, 4.69) is 30.7 Å². The van der Waals surface area contributed by atoms with E-state index in [-0.39, 0.29) is 12.7 Å². The monoisotopic (exact) mass is 287 g/mol. The first-order chi connectivity index (χ1) is 10.1. The molecule has 3 rings (SSSR count). The van der Waals surface area contributed by atoms with E-state index in [0.29, 0.717) is 6.42 Å². The molecule has 0 aromatic heterocycles. The van der Waals surface area contributed by atoms with E-state index in [4.69, 9.17) is 4.74 Å². The molecule has 1 aromatic rings. The molecule has 0 saturated carbocycles. The largest absolute Gasteiger partial charge is 0.485 e.